The molecule has 0 unspecified atom stereocenters. The number of ether oxygens (including phenoxy) is 2. The minimum absolute atomic E-state index is 0.0642. The fraction of sp³-hybridized carbons (Fsp3) is 0.368. The molecule has 0 bridgehead atoms. The predicted molar refractivity (Wildman–Crippen MR) is 108 cm³/mol. The van der Waals surface area contributed by atoms with Gasteiger partial charge in [0, 0.05) is 61.8 Å². The number of rotatable bonds is 6. The summed E-state index contributed by atoms with van der Waals surface area (Å²) in [6.45, 7) is 2.95. The Hall–Kier alpha value is -3.56. The van der Waals surface area contributed by atoms with Crippen molar-refractivity contribution in [2.24, 2.45) is 0 Å². The molecule has 0 saturated carbocycles. The van der Waals surface area contributed by atoms with Crippen LogP contribution in [0.4, 0.5) is 22.7 Å². The average molecular weight is 402 g/mol. The third-order valence-electron chi connectivity index (χ3n) is 4.95. The van der Waals surface area contributed by atoms with Gasteiger partial charge >= 0.3 is 11.4 Å². The molecule has 1 saturated heterocycles. The summed E-state index contributed by atoms with van der Waals surface area (Å²) >= 11 is 0. The van der Waals surface area contributed by atoms with Gasteiger partial charge in [-0.15, -0.1) is 0 Å². The van der Waals surface area contributed by atoms with Crippen molar-refractivity contribution in [3.8, 4) is 11.5 Å². The molecule has 0 aliphatic carbocycles. The summed E-state index contributed by atoms with van der Waals surface area (Å²) in [5.41, 5.74) is 1.59. The molecule has 1 aliphatic heterocycles. The monoisotopic (exact) mass is 402 g/mol. The van der Waals surface area contributed by atoms with Crippen LogP contribution in [-0.4, -0.2) is 50.2 Å². The van der Waals surface area contributed by atoms with Crippen LogP contribution in [0.2, 0.25) is 0 Å². The van der Waals surface area contributed by atoms with Gasteiger partial charge in [-0.2, -0.15) is 0 Å². The minimum atomic E-state index is -0.464. The molecule has 1 heterocycles. The lowest BCUT2D eigenvalue weighted by Gasteiger charge is -2.25. The van der Waals surface area contributed by atoms with Crippen molar-refractivity contribution in [2.45, 2.75) is 6.42 Å². The summed E-state index contributed by atoms with van der Waals surface area (Å²) in [5, 5.41) is 22.2. The average Bonchev–Trinajstić information content (AvgIpc) is 2.98. The van der Waals surface area contributed by atoms with Crippen molar-refractivity contribution in [1.82, 2.24) is 0 Å². The van der Waals surface area contributed by atoms with Gasteiger partial charge in [0.2, 0.25) is 0 Å². The molecule has 10 heteroatoms. The van der Waals surface area contributed by atoms with Crippen LogP contribution in [0.15, 0.2) is 36.4 Å². The number of nitrogens with zero attached hydrogens (tertiary/aromatic N) is 4. The number of nitro benzene ring substituents is 2. The Morgan fingerprint density at radius 1 is 0.759 bits per heavy atom. The number of nitro groups is 2. The first-order valence-electron chi connectivity index (χ1n) is 9.09. The van der Waals surface area contributed by atoms with Crippen molar-refractivity contribution in [3.63, 3.8) is 0 Å². The maximum atomic E-state index is 11.1. The molecular weight excluding hydrogens is 380 g/mol. The standard InChI is InChI=1S/C19H22N4O6/c1-28-18-12-14(4-6-16(18)22(24)25)20-8-3-9-21(11-10-20)15-5-7-17(23(26)27)19(13-15)29-2/h4-7,12-13H,3,8-11H2,1-2H3. The van der Waals surface area contributed by atoms with Crippen molar-refractivity contribution in [3.05, 3.63) is 56.6 Å². The molecule has 1 aliphatic rings. The molecule has 0 N–H and O–H groups in total. The van der Waals surface area contributed by atoms with Crippen LogP contribution in [0.5, 0.6) is 11.5 Å². The second-order valence-electron chi connectivity index (χ2n) is 6.55. The van der Waals surface area contributed by atoms with E-state index in [0.29, 0.717) is 13.1 Å². The molecule has 29 heavy (non-hydrogen) atoms. The first kappa shape index (κ1) is 20.2. The molecule has 0 spiro atoms. The zero-order valence-electron chi connectivity index (χ0n) is 16.2. The van der Waals surface area contributed by atoms with E-state index in [2.05, 4.69) is 9.80 Å². The number of benzene rings is 2. The smallest absolute Gasteiger partial charge is 0.311 e. The third kappa shape index (κ3) is 4.31. The van der Waals surface area contributed by atoms with Gasteiger partial charge in [-0.05, 0) is 18.6 Å². The molecule has 0 atom stereocenters. The Morgan fingerprint density at radius 2 is 1.17 bits per heavy atom. The molecular formula is C19H22N4O6. The minimum Gasteiger partial charge on any atom is -0.490 e. The molecule has 10 nitrogen and oxygen atoms in total. The van der Waals surface area contributed by atoms with Gasteiger partial charge in [0.25, 0.3) is 0 Å². The van der Waals surface area contributed by atoms with Gasteiger partial charge in [0.15, 0.2) is 11.5 Å². The van der Waals surface area contributed by atoms with Crippen LogP contribution in [0.3, 0.4) is 0 Å². The highest BCUT2D eigenvalue weighted by atomic mass is 16.6. The van der Waals surface area contributed by atoms with Crippen LogP contribution >= 0.6 is 0 Å². The van der Waals surface area contributed by atoms with E-state index >= 15 is 0 Å². The predicted octanol–water partition coefficient (Wildman–Crippen LogP) is 3.24. The second kappa shape index (κ2) is 8.63. The normalized spacial score (nSPS) is 14.3. The summed E-state index contributed by atoms with van der Waals surface area (Å²) in [7, 11) is 2.83. The fourth-order valence-corrected chi connectivity index (χ4v) is 3.46. The highest BCUT2D eigenvalue weighted by Crippen LogP contribution is 2.34. The van der Waals surface area contributed by atoms with Crippen molar-refractivity contribution in [1.29, 1.82) is 0 Å². The second-order valence-corrected chi connectivity index (χ2v) is 6.55. The molecule has 0 aromatic heterocycles. The molecule has 0 radical (unpaired) electrons. The number of hydrogen-bond acceptors (Lipinski definition) is 8. The SMILES string of the molecule is COc1cc(N2CCCN(c3ccc([N+](=O)[O-])c(OC)c3)CC2)ccc1[N+](=O)[O-]. The molecule has 2 aromatic rings. The van der Waals surface area contributed by atoms with E-state index in [1.807, 2.05) is 0 Å². The van der Waals surface area contributed by atoms with Crippen LogP contribution in [0.25, 0.3) is 0 Å². The molecule has 0 amide bonds. The summed E-state index contributed by atoms with van der Waals surface area (Å²) in [4.78, 5) is 25.6. The van der Waals surface area contributed by atoms with Gasteiger partial charge in [-0.3, -0.25) is 20.2 Å². The van der Waals surface area contributed by atoms with Gasteiger partial charge < -0.3 is 19.3 Å². The summed E-state index contributed by atoms with van der Waals surface area (Å²) in [6, 6.07) is 9.73. The number of hydrogen-bond donors (Lipinski definition) is 0. The third-order valence-corrected chi connectivity index (χ3v) is 4.95. The summed E-state index contributed by atoms with van der Waals surface area (Å²) < 4.78 is 10.3. The van der Waals surface area contributed by atoms with Gasteiger partial charge in [-0.25, -0.2) is 0 Å². The first-order valence-corrected chi connectivity index (χ1v) is 9.09. The number of anilines is 2. The lowest BCUT2D eigenvalue weighted by molar-refractivity contribution is -0.385. The van der Waals surface area contributed by atoms with Crippen molar-refractivity contribution < 1.29 is 19.3 Å². The van der Waals surface area contributed by atoms with E-state index < -0.39 is 9.85 Å². The van der Waals surface area contributed by atoms with Crippen molar-refractivity contribution >= 4 is 22.7 Å². The van der Waals surface area contributed by atoms with Gasteiger partial charge in [-0.1, -0.05) is 0 Å². The molecule has 3 rings (SSSR count). The van der Waals surface area contributed by atoms with Gasteiger partial charge in [0.05, 0.1) is 24.1 Å². The van der Waals surface area contributed by atoms with Crippen LogP contribution in [0, 0.1) is 20.2 Å². The zero-order chi connectivity index (χ0) is 21.0. The highest BCUT2D eigenvalue weighted by molar-refractivity contribution is 5.61. The topological polar surface area (TPSA) is 111 Å². The molecule has 2 aromatic carbocycles. The van der Waals surface area contributed by atoms with Crippen molar-refractivity contribution in [2.75, 3.05) is 50.2 Å². The lowest BCUT2D eigenvalue weighted by Crippen LogP contribution is -2.30. The summed E-state index contributed by atoms with van der Waals surface area (Å²) in [6.07, 6.45) is 0.860. The van der Waals surface area contributed by atoms with Crippen LogP contribution in [0.1, 0.15) is 6.42 Å². The Bertz CT molecular complexity index is 846. The Balaban J connectivity index is 1.77. The molecule has 154 valence electrons. The van der Waals surface area contributed by atoms with E-state index in [9.17, 15) is 20.2 Å². The summed E-state index contributed by atoms with van der Waals surface area (Å²) in [5.74, 6) is 0.461. The van der Waals surface area contributed by atoms with Crippen LogP contribution in [-0.2, 0) is 0 Å². The maximum Gasteiger partial charge on any atom is 0.311 e. The highest BCUT2D eigenvalue weighted by Gasteiger charge is 2.22. The van der Waals surface area contributed by atoms with E-state index in [0.717, 1.165) is 30.9 Å². The Labute approximate surface area is 167 Å². The Morgan fingerprint density at radius 3 is 1.52 bits per heavy atom. The van der Waals surface area contributed by atoms with Gasteiger partial charge in [0.1, 0.15) is 0 Å². The Kier molecular flexibility index (Phi) is 6.01. The molecule has 1 fully saturated rings. The maximum absolute atomic E-state index is 11.1. The fourth-order valence-electron chi connectivity index (χ4n) is 3.46. The van der Waals surface area contributed by atoms with Crippen LogP contribution < -0.4 is 19.3 Å². The quantitative estimate of drug-likeness (QED) is 0.535. The lowest BCUT2D eigenvalue weighted by atomic mass is 10.2. The van der Waals surface area contributed by atoms with E-state index in [1.165, 1.54) is 26.4 Å². The largest absolute Gasteiger partial charge is 0.490 e. The zero-order valence-corrected chi connectivity index (χ0v) is 16.2. The van der Waals surface area contributed by atoms with E-state index in [-0.39, 0.29) is 22.9 Å². The van der Waals surface area contributed by atoms with E-state index in [4.69, 9.17) is 9.47 Å². The van der Waals surface area contributed by atoms with E-state index in [1.54, 1.807) is 24.3 Å². The first-order chi connectivity index (χ1) is 13.9. The number of methoxy groups -OCH3 is 2.